The Morgan fingerprint density at radius 1 is 0.426 bits per heavy atom. The average molecular weight is 598 g/mol. The van der Waals surface area contributed by atoms with Crippen molar-refractivity contribution in [2.75, 3.05) is 0 Å². The van der Waals surface area contributed by atoms with E-state index in [1.807, 2.05) is 0 Å². The van der Waals surface area contributed by atoms with Crippen LogP contribution in [-0.2, 0) is 11.8 Å². The zero-order chi connectivity index (χ0) is 31.0. The number of hydrogen-bond acceptors (Lipinski definition) is 0. The highest BCUT2D eigenvalue weighted by Crippen LogP contribution is 2.51. The molecule has 0 aliphatic heterocycles. The fourth-order valence-electron chi connectivity index (χ4n) is 9.25. The second-order valence-corrected chi connectivity index (χ2v) is 14.1. The van der Waals surface area contributed by atoms with Crippen molar-refractivity contribution in [3.63, 3.8) is 0 Å². The Kier molecular flexibility index (Phi) is 4.77. The molecule has 1 heteroatoms. The van der Waals surface area contributed by atoms with E-state index in [1.54, 1.807) is 0 Å². The van der Waals surface area contributed by atoms with Gasteiger partial charge in [-0.3, -0.25) is 0 Å². The van der Waals surface area contributed by atoms with Crippen molar-refractivity contribution in [3.05, 3.63) is 162 Å². The van der Waals surface area contributed by atoms with Gasteiger partial charge >= 0.3 is 0 Å². The number of hydrogen-bond donors (Lipinski definition) is 0. The molecule has 0 saturated carbocycles. The van der Waals surface area contributed by atoms with Crippen molar-refractivity contribution in [2.24, 2.45) is 0 Å². The molecule has 2 heterocycles. The standard InChI is InChI=1S/C46H31N/c1-46(2)41-18-5-3-10-33(41)34-22-20-27(24-42(34)46)29-12-7-14-31-32-15-8-13-30(40(32)26-39(29)31)28-21-23-36-38-17-9-16-37-35-11-4-6-19-43(35)47(45(37)38)44(36)25-28/h3-25H,26H2,1-2H3. The second-order valence-electron chi connectivity index (χ2n) is 14.1. The van der Waals surface area contributed by atoms with E-state index in [0.717, 1.165) is 6.42 Å². The molecule has 0 unspecified atom stereocenters. The molecule has 9 aromatic rings. The van der Waals surface area contributed by atoms with Gasteiger partial charge < -0.3 is 4.40 Å². The quantitative estimate of drug-likeness (QED) is 0.187. The first kappa shape index (κ1) is 25.5. The number of benzene rings is 7. The number of fused-ring (bicyclic) bond motifs is 12. The maximum atomic E-state index is 2.49. The summed E-state index contributed by atoms with van der Waals surface area (Å²) >= 11 is 0. The first-order chi connectivity index (χ1) is 23.1. The molecule has 2 aromatic heterocycles. The van der Waals surface area contributed by atoms with Crippen LogP contribution in [0.1, 0.15) is 36.1 Å². The zero-order valence-corrected chi connectivity index (χ0v) is 26.4. The molecule has 0 saturated heterocycles. The minimum atomic E-state index is -0.0140. The lowest BCUT2D eigenvalue weighted by Gasteiger charge is -2.22. The van der Waals surface area contributed by atoms with E-state index in [4.69, 9.17) is 0 Å². The van der Waals surface area contributed by atoms with E-state index in [9.17, 15) is 0 Å². The molecule has 0 radical (unpaired) electrons. The minimum absolute atomic E-state index is 0.0140. The maximum absolute atomic E-state index is 2.49. The fraction of sp³-hybridized carbons (Fsp3) is 0.0870. The van der Waals surface area contributed by atoms with Crippen LogP contribution >= 0.6 is 0 Å². The Bertz CT molecular complexity index is 2790. The largest absolute Gasteiger partial charge is 0.308 e. The molecule has 2 aliphatic carbocycles. The highest BCUT2D eigenvalue weighted by molar-refractivity contribution is 6.23. The molecule has 0 N–H and O–H groups in total. The second kappa shape index (κ2) is 8.78. The van der Waals surface area contributed by atoms with E-state index >= 15 is 0 Å². The average Bonchev–Trinajstić information content (AvgIpc) is 3.83. The van der Waals surface area contributed by atoms with Crippen LogP contribution in [0.5, 0.6) is 0 Å². The molecule has 0 spiro atoms. The SMILES string of the molecule is CC1(C)c2ccccc2-c2ccc(-c3cccc4c3Cc3c(-c5ccc6c7cccc8c9ccccc9n(c6c5)c87)cccc3-4)cc21. The minimum Gasteiger partial charge on any atom is -0.308 e. The summed E-state index contributed by atoms with van der Waals surface area (Å²) in [5.41, 5.74) is 20.4. The van der Waals surface area contributed by atoms with E-state index in [2.05, 4.69) is 158 Å². The van der Waals surface area contributed by atoms with Crippen molar-refractivity contribution in [1.82, 2.24) is 4.40 Å². The predicted octanol–water partition coefficient (Wildman–Crippen LogP) is 12.0. The molecule has 0 bridgehead atoms. The van der Waals surface area contributed by atoms with Gasteiger partial charge in [0.15, 0.2) is 0 Å². The zero-order valence-electron chi connectivity index (χ0n) is 26.4. The molecule has 0 amide bonds. The van der Waals surface area contributed by atoms with Crippen molar-refractivity contribution >= 4 is 38.1 Å². The number of para-hydroxylation sites is 2. The maximum Gasteiger partial charge on any atom is 0.0620 e. The molecule has 220 valence electrons. The highest BCUT2D eigenvalue weighted by Gasteiger charge is 2.35. The molecule has 47 heavy (non-hydrogen) atoms. The van der Waals surface area contributed by atoms with Crippen molar-refractivity contribution < 1.29 is 0 Å². The predicted molar refractivity (Wildman–Crippen MR) is 198 cm³/mol. The molecule has 1 nitrogen and oxygen atoms in total. The smallest absolute Gasteiger partial charge is 0.0620 e. The molecular formula is C46H31N. The Morgan fingerprint density at radius 3 is 1.77 bits per heavy atom. The van der Waals surface area contributed by atoms with Crippen molar-refractivity contribution in [2.45, 2.75) is 25.7 Å². The summed E-state index contributed by atoms with van der Waals surface area (Å²) in [6, 6.07) is 52.6. The lowest BCUT2D eigenvalue weighted by Crippen LogP contribution is -2.14. The monoisotopic (exact) mass is 597 g/mol. The van der Waals surface area contributed by atoms with Gasteiger partial charge in [0.05, 0.1) is 16.6 Å². The summed E-state index contributed by atoms with van der Waals surface area (Å²) in [4.78, 5) is 0. The van der Waals surface area contributed by atoms with Gasteiger partial charge in [-0.25, -0.2) is 0 Å². The van der Waals surface area contributed by atoms with Crippen LogP contribution in [0.2, 0.25) is 0 Å². The van der Waals surface area contributed by atoms with E-state index in [-0.39, 0.29) is 5.41 Å². The molecular weight excluding hydrogens is 567 g/mol. The molecule has 2 aliphatic rings. The summed E-state index contributed by atoms with van der Waals surface area (Å²) < 4.78 is 2.49. The highest BCUT2D eigenvalue weighted by atomic mass is 14.9. The summed E-state index contributed by atoms with van der Waals surface area (Å²) in [5, 5.41) is 5.30. The lowest BCUT2D eigenvalue weighted by atomic mass is 9.81. The summed E-state index contributed by atoms with van der Waals surface area (Å²) in [5.74, 6) is 0. The molecule has 0 atom stereocenters. The number of rotatable bonds is 2. The number of nitrogens with zero attached hydrogens (tertiary/aromatic N) is 1. The molecule has 11 rings (SSSR count). The van der Waals surface area contributed by atoms with Gasteiger partial charge in [0.1, 0.15) is 0 Å². The van der Waals surface area contributed by atoms with Crippen LogP contribution in [-0.4, -0.2) is 4.40 Å². The summed E-state index contributed by atoms with van der Waals surface area (Å²) in [7, 11) is 0. The van der Waals surface area contributed by atoms with Crippen LogP contribution in [0.3, 0.4) is 0 Å². The van der Waals surface area contributed by atoms with Gasteiger partial charge in [0, 0.05) is 27.0 Å². The third-order valence-electron chi connectivity index (χ3n) is 11.4. The number of aromatic nitrogens is 1. The van der Waals surface area contributed by atoms with Gasteiger partial charge in [0.25, 0.3) is 0 Å². The first-order valence-electron chi connectivity index (χ1n) is 16.7. The van der Waals surface area contributed by atoms with Crippen LogP contribution in [0, 0.1) is 0 Å². The first-order valence-corrected chi connectivity index (χ1v) is 16.7. The summed E-state index contributed by atoms with van der Waals surface area (Å²) in [6.07, 6.45) is 0.936. The van der Waals surface area contributed by atoms with Crippen LogP contribution < -0.4 is 0 Å². The Morgan fingerprint density at radius 2 is 0.979 bits per heavy atom. The van der Waals surface area contributed by atoms with E-state index in [1.165, 1.54) is 105 Å². The normalized spacial score (nSPS) is 14.3. The Hall–Kier alpha value is -5.66. The Labute approximate surface area is 273 Å². The molecule has 0 fully saturated rings. The summed E-state index contributed by atoms with van der Waals surface area (Å²) in [6.45, 7) is 4.74. The van der Waals surface area contributed by atoms with Crippen LogP contribution in [0.4, 0.5) is 0 Å². The Balaban J connectivity index is 1.06. The van der Waals surface area contributed by atoms with Crippen molar-refractivity contribution in [3.8, 4) is 44.5 Å². The third kappa shape index (κ3) is 3.19. The van der Waals surface area contributed by atoms with E-state index < -0.39 is 0 Å². The van der Waals surface area contributed by atoms with Gasteiger partial charge in [-0.2, -0.15) is 0 Å². The van der Waals surface area contributed by atoms with Gasteiger partial charge in [-0.1, -0.05) is 135 Å². The lowest BCUT2D eigenvalue weighted by molar-refractivity contribution is 0.660. The van der Waals surface area contributed by atoms with E-state index in [0.29, 0.717) is 0 Å². The topological polar surface area (TPSA) is 4.41 Å². The van der Waals surface area contributed by atoms with Gasteiger partial charge in [-0.05, 0) is 91.4 Å². The van der Waals surface area contributed by atoms with Gasteiger partial charge in [0.2, 0.25) is 0 Å². The van der Waals surface area contributed by atoms with Crippen LogP contribution in [0.15, 0.2) is 140 Å². The molecule has 7 aromatic carbocycles. The van der Waals surface area contributed by atoms with Crippen LogP contribution in [0.25, 0.3) is 82.6 Å². The third-order valence-corrected chi connectivity index (χ3v) is 11.4. The van der Waals surface area contributed by atoms with Crippen molar-refractivity contribution in [1.29, 1.82) is 0 Å². The fourth-order valence-corrected chi connectivity index (χ4v) is 9.25. The van der Waals surface area contributed by atoms with Gasteiger partial charge in [-0.15, -0.1) is 0 Å².